The van der Waals surface area contributed by atoms with E-state index in [1.54, 1.807) is 0 Å². The molecule has 1 aromatic heterocycles. The number of benzene rings is 1. The zero-order chi connectivity index (χ0) is 16.4. The smallest absolute Gasteiger partial charge is 0.305 e. The Morgan fingerprint density at radius 2 is 1.96 bits per heavy atom. The molecule has 1 saturated carbocycles. The summed E-state index contributed by atoms with van der Waals surface area (Å²) in [6, 6.07) is 7.09. The van der Waals surface area contributed by atoms with Crippen LogP contribution < -0.4 is 4.87 Å². The first kappa shape index (κ1) is 16.5. The molecular weight excluding hydrogens is 304 g/mol. The lowest BCUT2D eigenvalue weighted by Gasteiger charge is -2.31. The lowest BCUT2D eigenvalue weighted by atomic mass is 9.94. The second-order valence-corrected chi connectivity index (χ2v) is 7.91. The molecule has 1 N–H and O–H groups in total. The molecule has 0 aliphatic heterocycles. The van der Waals surface area contributed by atoms with Crippen molar-refractivity contribution in [3.05, 3.63) is 43.9 Å². The number of aromatic nitrogens is 1. The van der Waals surface area contributed by atoms with Gasteiger partial charge in [-0.15, -0.1) is 0 Å². The lowest BCUT2D eigenvalue weighted by Crippen LogP contribution is -2.32. The Balaban J connectivity index is 1.87. The average Bonchev–Trinajstić information content (AvgIpc) is 2.88. The third-order valence-corrected chi connectivity index (χ3v) is 5.83. The molecule has 0 atom stereocenters. The van der Waals surface area contributed by atoms with Crippen LogP contribution in [-0.4, -0.2) is 23.0 Å². The molecule has 0 radical (unpaired) electrons. The maximum Gasteiger partial charge on any atom is 0.305 e. The monoisotopic (exact) mass is 330 g/mol. The predicted molar refractivity (Wildman–Crippen MR) is 98.2 cm³/mol. The maximum atomic E-state index is 12.0. The Morgan fingerprint density at radius 1 is 1.22 bits per heavy atom. The first-order chi connectivity index (χ1) is 11.0. The van der Waals surface area contributed by atoms with Crippen molar-refractivity contribution in [3.63, 3.8) is 0 Å². The highest BCUT2D eigenvalue weighted by molar-refractivity contribution is 7.09. The van der Waals surface area contributed by atoms with Crippen LogP contribution in [0.4, 0.5) is 0 Å². The summed E-state index contributed by atoms with van der Waals surface area (Å²) in [6.45, 7) is 5.08. The van der Waals surface area contributed by atoms with Gasteiger partial charge in [-0.1, -0.05) is 54.4 Å². The second kappa shape index (κ2) is 7.02. The van der Waals surface area contributed by atoms with Crippen molar-refractivity contribution in [1.29, 1.82) is 0 Å². The summed E-state index contributed by atoms with van der Waals surface area (Å²) in [5, 5.41) is 0. The van der Waals surface area contributed by atoms with Gasteiger partial charge in [-0.3, -0.25) is 9.69 Å². The highest BCUT2D eigenvalue weighted by atomic mass is 32.1. The minimum atomic E-state index is 0.0482. The number of thiazole rings is 1. The zero-order valence-corrected chi connectivity index (χ0v) is 15.1. The quantitative estimate of drug-likeness (QED) is 0.897. The Morgan fingerprint density at radius 3 is 2.65 bits per heavy atom. The highest BCUT2D eigenvalue weighted by Gasteiger charge is 2.21. The molecule has 0 spiro atoms. The Bertz CT molecular complexity index is 725. The molecular formula is C19H26N2OS. The Kier molecular flexibility index (Phi) is 5.02. The van der Waals surface area contributed by atoms with Crippen molar-refractivity contribution in [2.75, 3.05) is 7.05 Å². The fourth-order valence-corrected chi connectivity index (χ4v) is 4.57. The number of aryl methyl sites for hydroxylation is 2. The molecule has 1 aromatic carbocycles. The van der Waals surface area contributed by atoms with E-state index in [-0.39, 0.29) is 4.87 Å². The minimum Gasteiger partial charge on any atom is -0.312 e. The summed E-state index contributed by atoms with van der Waals surface area (Å²) in [5.74, 6) is 0. The van der Waals surface area contributed by atoms with Crippen LogP contribution in [0, 0.1) is 13.8 Å². The van der Waals surface area contributed by atoms with Crippen molar-refractivity contribution in [2.24, 2.45) is 0 Å². The number of nitrogens with one attached hydrogen (secondary N) is 1. The van der Waals surface area contributed by atoms with E-state index in [0.29, 0.717) is 6.04 Å². The minimum absolute atomic E-state index is 0.0482. The van der Waals surface area contributed by atoms with Gasteiger partial charge in [0.2, 0.25) is 0 Å². The van der Waals surface area contributed by atoms with Crippen LogP contribution in [0.2, 0.25) is 0 Å². The van der Waals surface area contributed by atoms with E-state index in [1.807, 2.05) is 0 Å². The van der Waals surface area contributed by atoms with Crippen molar-refractivity contribution in [2.45, 2.75) is 58.5 Å². The van der Waals surface area contributed by atoms with Crippen LogP contribution in [0.3, 0.4) is 0 Å². The van der Waals surface area contributed by atoms with Crippen LogP contribution in [0.15, 0.2) is 23.0 Å². The summed E-state index contributed by atoms with van der Waals surface area (Å²) in [4.78, 5) is 18.7. The van der Waals surface area contributed by atoms with Crippen LogP contribution in [0.1, 0.15) is 48.1 Å². The van der Waals surface area contributed by atoms with E-state index < -0.39 is 0 Å². The third-order valence-electron chi connectivity index (χ3n) is 4.96. The van der Waals surface area contributed by atoms with E-state index in [9.17, 15) is 4.79 Å². The number of rotatable bonds is 4. The molecule has 4 heteroatoms. The van der Waals surface area contributed by atoms with Crippen LogP contribution in [-0.2, 0) is 6.54 Å². The van der Waals surface area contributed by atoms with E-state index in [2.05, 4.69) is 49.0 Å². The van der Waals surface area contributed by atoms with Gasteiger partial charge in [0, 0.05) is 23.0 Å². The Hall–Kier alpha value is -1.39. The normalized spacial score (nSPS) is 16.2. The van der Waals surface area contributed by atoms with E-state index in [1.165, 1.54) is 54.6 Å². The second-order valence-electron chi connectivity index (χ2n) is 6.84. The molecule has 1 fully saturated rings. The largest absolute Gasteiger partial charge is 0.312 e. The van der Waals surface area contributed by atoms with Crippen molar-refractivity contribution < 1.29 is 0 Å². The van der Waals surface area contributed by atoms with Crippen LogP contribution in [0.25, 0.3) is 11.3 Å². The molecule has 2 aromatic rings. The number of hydrogen-bond donors (Lipinski definition) is 1. The van der Waals surface area contributed by atoms with Gasteiger partial charge in [0.1, 0.15) is 0 Å². The molecule has 124 valence electrons. The molecule has 1 aliphatic carbocycles. The van der Waals surface area contributed by atoms with Crippen LogP contribution >= 0.6 is 11.3 Å². The van der Waals surface area contributed by atoms with Gasteiger partial charge in [0.05, 0.1) is 5.69 Å². The molecule has 1 heterocycles. The first-order valence-corrected chi connectivity index (χ1v) is 9.36. The van der Waals surface area contributed by atoms with Gasteiger partial charge < -0.3 is 4.98 Å². The van der Waals surface area contributed by atoms with Gasteiger partial charge >= 0.3 is 4.87 Å². The molecule has 1 aliphatic rings. The fraction of sp³-hybridized carbons (Fsp3) is 0.526. The molecule has 3 rings (SSSR count). The summed E-state index contributed by atoms with van der Waals surface area (Å²) in [7, 11) is 2.20. The third kappa shape index (κ3) is 3.75. The number of hydrogen-bond acceptors (Lipinski definition) is 3. The summed E-state index contributed by atoms with van der Waals surface area (Å²) in [6.07, 6.45) is 6.61. The summed E-state index contributed by atoms with van der Waals surface area (Å²) in [5.41, 5.74) is 4.64. The van der Waals surface area contributed by atoms with E-state index in [4.69, 9.17) is 0 Å². The van der Waals surface area contributed by atoms with Crippen molar-refractivity contribution in [3.8, 4) is 11.3 Å². The Labute approximate surface area is 142 Å². The zero-order valence-electron chi connectivity index (χ0n) is 14.3. The number of H-pyrrole nitrogens is 1. The van der Waals surface area contributed by atoms with Gasteiger partial charge in [0.25, 0.3) is 0 Å². The van der Waals surface area contributed by atoms with Crippen molar-refractivity contribution >= 4 is 11.3 Å². The van der Waals surface area contributed by atoms with Gasteiger partial charge in [-0.25, -0.2) is 0 Å². The van der Waals surface area contributed by atoms with Crippen molar-refractivity contribution in [1.82, 2.24) is 9.88 Å². The maximum absolute atomic E-state index is 12.0. The SMILES string of the molecule is Cc1ccc(-c2[nH]c(=O)sc2CN(C)C2CCCCC2)c(C)c1. The summed E-state index contributed by atoms with van der Waals surface area (Å²) < 4.78 is 0. The molecule has 0 unspecified atom stereocenters. The number of nitrogens with zero attached hydrogens (tertiary/aromatic N) is 1. The molecule has 0 bridgehead atoms. The van der Waals surface area contributed by atoms with E-state index in [0.717, 1.165) is 22.7 Å². The first-order valence-electron chi connectivity index (χ1n) is 8.54. The summed E-state index contributed by atoms with van der Waals surface area (Å²) >= 11 is 1.36. The predicted octanol–water partition coefficient (Wildman–Crippen LogP) is 4.48. The van der Waals surface area contributed by atoms with Gasteiger partial charge in [-0.2, -0.15) is 0 Å². The molecule has 23 heavy (non-hydrogen) atoms. The number of aromatic amines is 1. The van der Waals surface area contributed by atoms with E-state index >= 15 is 0 Å². The lowest BCUT2D eigenvalue weighted by molar-refractivity contribution is 0.186. The van der Waals surface area contributed by atoms with Crippen LogP contribution in [0.5, 0.6) is 0 Å². The highest BCUT2D eigenvalue weighted by Crippen LogP contribution is 2.29. The molecule has 0 amide bonds. The van der Waals surface area contributed by atoms with Gasteiger partial charge in [0.15, 0.2) is 0 Å². The standard InChI is InChI=1S/C19H26N2OS/c1-13-9-10-16(14(2)11-13)18-17(23-19(22)20-18)12-21(3)15-7-5-4-6-8-15/h9-11,15H,4-8,12H2,1-3H3,(H,20,22). The topological polar surface area (TPSA) is 36.1 Å². The fourth-order valence-electron chi connectivity index (χ4n) is 3.66. The average molecular weight is 330 g/mol. The van der Waals surface area contributed by atoms with Gasteiger partial charge in [-0.05, 0) is 39.3 Å². The molecule has 3 nitrogen and oxygen atoms in total. The molecule has 0 saturated heterocycles.